The number of carboxylic acid groups (broad SMARTS) is 1. The van der Waals surface area contributed by atoms with Gasteiger partial charge in [0.1, 0.15) is 23.7 Å². The number of carbonyl (C=O) groups is 4. The minimum atomic E-state index is -1.08. The smallest absolute Gasteiger partial charge is 0.415 e. The first-order valence-corrected chi connectivity index (χ1v) is 16.5. The lowest BCUT2D eigenvalue weighted by molar-refractivity contribution is -0.155. The molecular weight excluding hydrogens is 606 g/mol. The van der Waals surface area contributed by atoms with Gasteiger partial charge in [0.25, 0.3) is 0 Å². The number of fused-ring (bicyclic) bond motifs is 3. The summed E-state index contributed by atoms with van der Waals surface area (Å²) in [5, 5.41) is 12.3. The molecular formula is C39H39N3O6. The fourth-order valence-corrected chi connectivity index (χ4v) is 7.56. The van der Waals surface area contributed by atoms with Gasteiger partial charge in [-0.3, -0.25) is 14.5 Å². The van der Waals surface area contributed by atoms with E-state index >= 15 is 4.79 Å². The normalized spacial score (nSPS) is 21.9. The zero-order valence-electron chi connectivity index (χ0n) is 27.3. The predicted molar refractivity (Wildman–Crippen MR) is 181 cm³/mol. The summed E-state index contributed by atoms with van der Waals surface area (Å²) in [7, 11) is 0. The molecule has 9 nitrogen and oxygen atoms in total. The second-order valence-corrected chi connectivity index (χ2v) is 14.0. The number of anilines is 1. The largest absolute Gasteiger partial charge is 0.480 e. The molecule has 0 bridgehead atoms. The molecule has 0 radical (unpaired) electrons. The summed E-state index contributed by atoms with van der Waals surface area (Å²) in [4.78, 5) is 60.5. The van der Waals surface area contributed by atoms with Crippen LogP contribution in [0.4, 0.5) is 10.5 Å². The fraction of sp³-hybridized carbons (Fsp3) is 0.333. The SMILES string of the molecule is CC(C)(C)OC(=O)N1c2ccccc2C[C@@H]1C(=O)N1[C@@H](C(=O)N2Cc3ccccc3C[C@@H]2C(=O)O)CC[C@H]1c1ccc2ccccc2c1. The molecule has 1 fully saturated rings. The quantitative estimate of drug-likeness (QED) is 0.280. The molecule has 0 saturated carbocycles. The van der Waals surface area contributed by atoms with Crippen LogP contribution in [0.25, 0.3) is 10.8 Å². The van der Waals surface area contributed by atoms with E-state index in [1.807, 2.05) is 84.9 Å². The molecule has 1 saturated heterocycles. The van der Waals surface area contributed by atoms with Crippen LogP contribution in [0.3, 0.4) is 0 Å². The second kappa shape index (κ2) is 12.1. The van der Waals surface area contributed by atoms with E-state index in [-0.39, 0.29) is 25.3 Å². The third-order valence-corrected chi connectivity index (χ3v) is 9.75. The number of aliphatic carboxylic acids is 1. The monoisotopic (exact) mass is 645 g/mol. The molecule has 4 atom stereocenters. The second-order valence-electron chi connectivity index (χ2n) is 14.0. The number of hydrogen-bond donors (Lipinski definition) is 1. The Hall–Kier alpha value is -5.18. The van der Waals surface area contributed by atoms with Crippen molar-refractivity contribution in [1.29, 1.82) is 0 Å². The summed E-state index contributed by atoms with van der Waals surface area (Å²) < 4.78 is 5.80. The summed E-state index contributed by atoms with van der Waals surface area (Å²) in [6, 6.07) is 25.6. The van der Waals surface area contributed by atoms with Gasteiger partial charge in [0, 0.05) is 19.4 Å². The van der Waals surface area contributed by atoms with Gasteiger partial charge in [-0.05, 0) is 78.8 Å². The van der Waals surface area contributed by atoms with Crippen molar-refractivity contribution in [3.8, 4) is 0 Å². The van der Waals surface area contributed by atoms with E-state index in [9.17, 15) is 19.5 Å². The minimum absolute atomic E-state index is 0.143. The van der Waals surface area contributed by atoms with Crippen molar-refractivity contribution in [3.05, 3.63) is 113 Å². The maximum atomic E-state index is 15.0. The van der Waals surface area contributed by atoms with Gasteiger partial charge in [0.15, 0.2) is 0 Å². The lowest BCUT2D eigenvalue weighted by Crippen LogP contribution is -2.58. The zero-order valence-corrected chi connectivity index (χ0v) is 27.3. The van der Waals surface area contributed by atoms with E-state index in [0.29, 0.717) is 18.5 Å². The topological polar surface area (TPSA) is 107 Å². The van der Waals surface area contributed by atoms with Crippen LogP contribution in [0, 0.1) is 0 Å². The summed E-state index contributed by atoms with van der Waals surface area (Å²) in [5.74, 6) is -1.84. The Balaban J connectivity index is 1.29. The summed E-state index contributed by atoms with van der Waals surface area (Å²) >= 11 is 0. The molecule has 7 rings (SSSR count). The molecule has 246 valence electrons. The first kappa shape index (κ1) is 31.4. The maximum absolute atomic E-state index is 15.0. The van der Waals surface area contributed by atoms with Crippen molar-refractivity contribution in [3.63, 3.8) is 0 Å². The molecule has 0 aromatic heterocycles. The highest BCUT2D eigenvalue weighted by atomic mass is 16.6. The van der Waals surface area contributed by atoms with Crippen LogP contribution in [0.15, 0.2) is 91.0 Å². The lowest BCUT2D eigenvalue weighted by Gasteiger charge is -2.40. The number of hydrogen-bond acceptors (Lipinski definition) is 5. The Morgan fingerprint density at radius 2 is 1.35 bits per heavy atom. The summed E-state index contributed by atoms with van der Waals surface area (Å²) in [6.45, 7) is 5.49. The third-order valence-electron chi connectivity index (χ3n) is 9.75. The third kappa shape index (κ3) is 5.67. The zero-order chi connectivity index (χ0) is 33.7. The predicted octanol–water partition coefficient (Wildman–Crippen LogP) is 6.28. The van der Waals surface area contributed by atoms with E-state index in [0.717, 1.165) is 33.0 Å². The number of likely N-dealkylation sites (tertiary alicyclic amines) is 1. The van der Waals surface area contributed by atoms with E-state index in [1.165, 1.54) is 9.80 Å². The highest BCUT2D eigenvalue weighted by molar-refractivity contribution is 6.02. The Bertz CT molecular complexity index is 1930. The van der Waals surface area contributed by atoms with Gasteiger partial charge in [-0.15, -0.1) is 0 Å². The van der Waals surface area contributed by atoms with E-state index in [1.54, 1.807) is 25.7 Å². The average Bonchev–Trinajstić information content (AvgIpc) is 3.69. The molecule has 0 spiro atoms. The van der Waals surface area contributed by atoms with Crippen LogP contribution in [-0.4, -0.2) is 62.5 Å². The first-order chi connectivity index (χ1) is 23.0. The van der Waals surface area contributed by atoms with Crippen LogP contribution < -0.4 is 4.90 Å². The van der Waals surface area contributed by atoms with E-state index in [2.05, 4.69) is 6.07 Å². The van der Waals surface area contributed by atoms with E-state index < -0.39 is 47.7 Å². The number of carbonyl (C=O) groups excluding carboxylic acids is 3. The van der Waals surface area contributed by atoms with Crippen LogP contribution in [0.5, 0.6) is 0 Å². The highest BCUT2D eigenvalue weighted by Gasteiger charge is 2.50. The van der Waals surface area contributed by atoms with E-state index in [4.69, 9.17) is 4.74 Å². The van der Waals surface area contributed by atoms with Crippen molar-refractivity contribution in [2.75, 3.05) is 4.90 Å². The van der Waals surface area contributed by atoms with Gasteiger partial charge in [0.2, 0.25) is 11.8 Å². The average molecular weight is 646 g/mol. The number of ether oxygens (including phenoxy) is 1. The van der Waals surface area contributed by atoms with Gasteiger partial charge >= 0.3 is 12.1 Å². The fourth-order valence-electron chi connectivity index (χ4n) is 7.56. The molecule has 0 unspecified atom stereocenters. The Morgan fingerprint density at radius 1 is 0.708 bits per heavy atom. The molecule has 0 aliphatic carbocycles. The van der Waals surface area contributed by atoms with Gasteiger partial charge in [-0.25, -0.2) is 9.59 Å². The molecule has 3 amide bonds. The van der Waals surface area contributed by atoms with Gasteiger partial charge < -0.3 is 19.6 Å². The molecule has 48 heavy (non-hydrogen) atoms. The molecule has 3 aliphatic rings. The number of carboxylic acids is 1. The van der Waals surface area contributed by atoms with Crippen LogP contribution in [0.1, 0.15) is 61.9 Å². The number of nitrogens with zero attached hydrogens (tertiary/aromatic N) is 3. The van der Waals surface area contributed by atoms with Crippen LogP contribution >= 0.6 is 0 Å². The Morgan fingerprint density at radius 3 is 2.08 bits per heavy atom. The van der Waals surface area contributed by atoms with Crippen molar-refractivity contribution in [2.24, 2.45) is 0 Å². The van der Waals surface area contributed by atoms with Crippen LogP contribution in [-0.2, 0) is 38.5 Å². The number of benzene rings is 4. The molecule has 1 N–H and O–H groups in total. The first-order valence-electron chi connectivity index (χ1n) is 16.5. The molecule has 4 aromatic carbocycles. The van der Waals surface area contributed by atoms with Crippen molar-refractivity contribution >= 4 is 40.3 Å². The number of amides is 3. The maximum Gasteiger partial charge on any atom is 0.415 e. The van der Waals surface area contributed by atoms with Crippen LogP contribution in [0.2, 0.25) is 0 Å². The molecule has 3 heterocycles. The lowest BCUT2D eigenvalue weighted by atomic mass is 9.93. The number of para-hydroxylation sites is 1. The highest BCUT2D eigenvalue weighted by Crippen LogP contribution is 2.42. The molecule has 3 aliphatic heterocycles. The minimum Gasteiger partial charge on any atom is -0.480 e. The molecule has 4 aromatic rings. The number of rotatable bonds is 4. The standard InChI is InChI=1S/C39H39N3O6/c1-39(2,3)48-38(47)42-30-15-9-8-13-27(30)22-33(42)36(44)41-31(28-17-16-24-10-4-5-11-25(24)20-28)18-19-32(41)35(43)40-23-29-14-7-6-12-26(29)21-34(40)37(45)46/h4-17,20,31-34H,18-19,21-23H2,1-3H3,(H,45,46)/t31-,32+,33+,34+/m0/s1. The van der Waals surface area contributed by atoms with Crippen molar-refractivity contribution < 1.29 is 29.0 Å². The van der Waals surface area contributed by atoms with Crippen molar-refractivity contribution in [1.82, 2.24) is 9.80 Å². The van der Waals surface area contributed by atoms with Crippen molar-refractivity contribution in [2.45, 2.75) is 82.8 Å². The van der Waals surface area contributed by atoms with Gasteiger partial charge in [-0.2, -0.15) is 0 Å². The van der Waals surface area contributed by atoms with Gasteiger partial charge in [-0.1, -0.05) is 78.9 Å². The Labute approximate surface area is 279 Å². The molecule has 9 heteroatoms. The summed E-state index contributed by atoms with van der Waals surface area (Å²) in [5.41, 5.74) is 3.33. The summed E-state index contributed by atoms with van der Waals surface area (Å²) in [6.07, 6.45) is 0.697. The van der Waals surface area contributed by atoms with Gasteiger partial charge in [0.05, 0.1) is 11.7 Å². The Kier molecular flexibility index (Phi) is 7.93.